The van der Waals surface area contributed by atoms with Crippen LogP contribution in [0.2, 0.25) is 0 Å². The number of aromatic nitrogens is 1. The van der Waals surface area contributed by atoms with Gasteiger partial charge >= 0.3 is 0 Å². The summed E-state index contributed by atoms with van der Waals surface area (Å²) in [5, 5.41) is 0. The van der Waals surface area contributed by atoms with E-state index in [9.17, 15) is 8.42 Å². The first-order valence-electron chi connectivity index (χ1n) is 6.54. The molecular weight excluding hydrogens is 278 g/mol. The number of nitrogens with one attached hydrogen (secondary N) is 1. The van der Waals surface area contributed by atoms with Crippen molar-refractivity contribution in [3.8, 4) is 0 Å². The lowest BCUT2D eigenvalue weighted by Gasteiger charge is -2.34. The molecule has 2 rings (SSSR count). The fourth-order valence-electron chi connectivity index (χ4n) is 2.44. The normalized spacial score (nSPS) is 18.4. The molecule has 0 saturated carbocycles. The number of nitrogens with zero attached hydrogens (tertiary/aromatic N) is 3. The molecule has 8 heteroatoms. The molecule has 0 aromatic carbocycles. The van der Waals surface area contributed by atoms with E-state index in [1.165, 1.54) is 16.7 Å². The zero-order valence-corrected chi connectivity index (χ0v) is 12.6. The van der Waals surface area contributed by atoms with Crippen LogP contribution in [-0.2, 0) is 10.0 Å². The number of hydrogen-bond acceptors (Lipinski definition) is 6. The Morgan fingerprint density at radius 3 is 2.60 bits per heavy atom. The summed E-state index contributed by atoms with van der Waals surface area (Å²) in [7, 11) is 0.496. The van der Waals surface area contributed by atoms with Crippen LogP contribution in [0.15, 0.2) is 23.4 Å². The molecule has 1 fully saturated rings. The highest BCUT2D eigenvalue weighted by molar-refractivity contribution is 7.89. The molecule has 1 saturated heterocycles. The Labute approximate surface area is 119 Å². The summed E-state index contributed by atoms with van der Waals surface area (Å²) in [5.74, 6) is 5.37. The largest absolute Gasteiger partial charge is 0.323 e. The molecule has 0 atom stereocenters. The predicted molar refractivity (Wildman–Crippen MR) is 77.5 cm³/mol. The van der Waals surface area contributed by atoms with Gasteiger partial charge in [0.1, 0.15) is 4.90 Å². The highest BCUT2D eigenvalue weighted by atomic mass is 32.2. The van der Waals surface area contributed by atoms with Gasteiger partial charge < -0.3 is 10.3 Å². The minimum absolute atomic E-state index is 0.130. The molecule has 7 nitrogen and oxygen atoms in total. The van der Waals surface area contributed by atoms with Gasteiger partial charge in [0.15, 0.2) is 0 Å². The van der Waals surface area contributed by atoms with Crippen molar-refractivity contribution < 1.29 is 8.42 Å². The number of hydrazine groups is 1. The Hall–Kier alpha value is -1.22. The van der Waals surface area contributed by atoms with E-state index in [1.54, 1.807) is 6.07 Å². The van der Waals surface area contributed by atoms with Gasteiger partial charge in [0.2, 0.25) is 10.0 Å². The summed E-state index contributed by atoms with van der Waals surface area (Å²) in [5.41, 5.74) is 2.78. The van der Waals surface area contributed by atoms with Gasteiger partial charge in [-0.25, -0.2) is 8.42 Å². The van der Waals surface area contributed by atoms with Gasteiger partial charge in [-0.1, -0.05) is 0 Å². The number of rotatable bonds is 4. The maximum atomic E-state index is 12.6. The van der Waals surface area contributed by atoms with E-state index >= 15 is 0 Å². The maximum absolute atomic E-state index is 12.6. The number of piperidine rings is 1. The Balaban J connectivity index is 2.20. The van der Waals surface area contributed by atoms with Crippen molar-refractivity contribution in [2.24, 2.45) is 5.84 Å². The molecule has 1 aromatic heterocycles. The maximum Gasteiger partial charge on any atom is 0.246 e. The first kappa shape index (κ1) is 15.2. The van der Waals surface area contributed by atoms with Crippen LogP contribution in [0.25, 0.3) is 0 Å². The van der Waals surface area contributed by atoms with E-state index in [0.717, 1.165) is 12.8 Å². The van der Waals surface area contributed by atoms with Crippen LogP contribution >= 0.6 is 0 Å². The second-order valence-corrected chi connectivity index (χ2v) is 7.02. The van der Waals surface area contributed by atoms with Crippen molar-refractivity contribution in [2.75, 3.05) is 32.6 Å². The third-order valence-electron chi connectivity index (χ3n) is 3.71. The minimum atomic E-state index is -3.54. The minimum Gasteiger partial charge on any atom is -0.323 e. The monoisotopic (exact) mass is 299 g/mol. The first-order chi connectivity index (χ1) is 9.46. The fraction of sp³-hybridized carbons (Fsp3) is 0.583. The third kappa shape index (κ3) is 2.93. The number of sulfonamides is 1. The molecule has 3 N–H and O–H groups in total. The Morgan fingerprint density at radius 1 is 1.40 bits per heavy atom. The van der Waals surface area contributed by atoms with E-state index in [0.29, 0.717) is 24.8 Å². The van der Waals surface area contributed by atoms with E-state index < -0.39 is 10.0 Å². The lowest BCUT2D eigenvalue weighted by molar-refractivity contribution is 0.196. The van der Waals surface area contributed by atoms with E-state index in [1.807, 2.05) is 14.1 Å². The summed E-state index contributed by atoms with van der Waals surface area (Å²) in [6.45, 7) is 1.04. The Bertz CT molecular complexity index is 553. The molecule has 1 aromatic rings. The summed E-state index contributed by atoms with van der Waals surface area (Å²) >= 11 is 0. The summed E-state index contributed by atoms with van der Waals surface area (Å²) in [4.78, 5) is 6.16. The Morgan fingerprint density at radius 2 is 2.05 bits per heavy atom. The summed E-state index contributed by atoms with van der Waals surface area (Å²) < 4.78 is 26.7. The van der Waals surface area contributed by atoms with E-state index in [2.05, 4.69) is 15.3 Å². The zero-order valence-electron chi connectivity index (χ0n) is 11.8. The smallest absolute Gasteiger partial charge is 0.246 e. The van der Waals surface area contributed by atoms with Crippen molar-refractivity contribution in [3.63, 3.8) is 0 Å². The van der Waals surface area contributed by atoms with Crippen LogP contribution < -0.4 is 11.3 Å². The van der Waals surface area contributed by atoms with Crippen LogP contribution in [0.4, 0.5) is 5.69 Å². The van der Waals surface area contributed by atoms with Crippen molar-refractivity contribution in [2.45, 2.75) is 23.8 Å². The fourth-order valence-corrected chi connectivity index (χ4v) is 4.01. The van der Waals surface area contributed by atoms with E-state index in [-0.39, 0.29) is 4.90 Å². The van der Waals surface area contributed by atoms with Gasteiger partial charge in [0, 0.05) is 31.5 Å². The molecule has 112 valence electrons. The molecule has 20 heavy (non-hydrogen) atoms. The van der Waals surface area contributed by atoms with Gasteiger partial charge in [-0.3, -0.25) is 10.8 Å². The van der Waals surface area contributed by atoms with Gasteiger partial charge in [-0.05, 0) is 33.0 Å². The van der Waals surface area contributed by atoms with Crippen molar-refractivity contribution in [1.82, 2.24) is 14.2 Å². The summed E-state index contributed by atoms with van der Waals surface area (Å²) in [6, 6.07) is 1.99. The quantitative estimate of drug-likeness (QED) is 0.604. The average molecular weight is 299 g/mol. The lowest BCUT2D eigenvalue weighted by atomic mass is 10.1. The third-order valence-corrected chi connectivity index (χ3v) is 5.64. The Kier molecular flexibility index (Phi) is 4.59. The molecule has 0 spiro atoms. The summed E-state index contributed by atoms with van der Waals surface area (Å²) in [6.07, 6.45) is 4.50. The second-order valence-electron chi connectivity index (χ2n) is 5.12. The molecule has 0 amide bonds. The van der Waals surface area contributed by atoms with Crippen LogP contribution in [0.1, 0.15) is 12.8 Å². The molecule has 0 aliphatic carbocycles. The highest BCUT2D eigenvalue weighted by Gasteiger charge is 2.31. The number of hydrogen-bond donors (Lipinski definition) is 2. The van der Waals surface area contributed by atoms with Crippen molar-refractivity contribution in [3.05, 3.63) is 18.5 Å². The molecule has 2 heterocycles. The van der Waals surface area contributed by atoms with Gasteiger partial charge in [0.05, 0.1) is 5.69 Å². The zero-order chi connectivity index (χ0) is 14.8. The van der Waals surface area contributed by atoms with Crippen LogP contribution in [0, 0.1) is 0 Å². The number of nitrogens with two attached hydrogens (primary N) is 1. The van der Waals surface area contributed by atoms with Crippen LogP contribution in [0.3, 0.4) is 0 Å². The van der Waals surface area contributed by atoms with Gasteiger partial charge in [-0.2, -0.15) is 4.31 Å². The van der Waals surface area contributed by atoms with Gasteiger partial charge in [-0.15, -0.1) is 0 Å². The van der Waals surface area contributed by atoms with Crippen LogP contribution in [0.5, 0.6) is 0 Å². The molecule has 1 aliphatic rings. The molecule has 1 aliphatic heterocycles. The average Bonchev–Trinajstić information content (AvgIpc) is 2.47. The molecule has 0 unspecified atom stereocenters. The lowest BCUT2D eigenvalue weighted by Crippen LogP contribution is -2.44. The van der Waals surface area contributed by atoms with E-state index in [4.69, 9.17) is 5.84 Å². The topological polar surface area (TPSA) is 91.6 Å². The molecular formula is C12H21N5O2S. The number of anilines is 1. The number of pyridine rings is 1. The SMILES string of the molecule is CN(C)C1CCN(S(=O)(=O)c2cnccc2NN)CC1. The predicted octanol–water partition coefficient (Wildman–Crippen LogP) is 0.0819. The number of nitrogen functional groups attached to an aromatic ring is 1. The van der Waals surface area contributed by atoms with Crippen molar-refractivity contribution in [1.29, 1.82) is 0 Å². The van der Waals surface area contributed by atoms with Gasteiger partial charge in [0.25, 0.3) is 0 Å². The van der Waals surface area contributed by atoms with Crippen molar-refractivity contribution >= 4 is 15.7 Å². The molecule has 0 bridgehead atoms. The molecule has 0 radical (unpaired) electrons. The second kappa shape index (κ2) is 6.04. The standard InChI is InChI=1S/C12H21N5O2S/c1-16(2)10-4-7-17(8-5-10)20(18,19)12-9-14-6-3-11(12)15-13/h3,6,9-10H,4-5,7-8,13H2,1-2H3,(H,14,15). The van der Waals surface area contributed by atoms with Crippen LogP contribution in [-0.4, -0.2) is 55.8 Å². The highest BCUT2D eigenvalue weighted by Crippen LogP contribution is 2.26. The first-order valence-corrected chi connectivity index (χ1v) is 7.98.